The monoisotopic (exact) mass is 206 g/mol. The molecule has 0 amide bonds. The van der Waals surface area contributed by atoms with Gasteiger partial charge in [0.15, 0.2) is 0 Å². The largest absolute Gasteiger partial charge is 0.376 e. The fraction of sp³-hybridized carbons (Fsp3) is 0.167. The summed E-state index contributed by atoms with van der Waals surface area (Å²) in [6.07, 6.45) is -0.774. The summed E-state index contributed by atoms with van der Waals surface area (Å²) >= 11 is 5.71. The molecule has 0 aromatic heterocycles. The lowest BCUT2D eigenvalue weighted by Gasteiger charge is -2.02. The van der Waals surface area contributed by atoms with Crippen LogP contribution in [0.2, 0.25) is 5.02 Å². The van der Waals surface area contributed by atoms with Crippen molar-refractivity contribution in [2.24, 2.45) is 0 Å². The van der Waals surface area contributed by atoms with Crippen LogP contribution in [0.1, 0.15) is 18.6 Å². The molecule has 0 radical (unpaired) electrons. The molecule has 0 heterocycles. The second kappa shape index (κ2) is 4.85. The van der Waals surface area contributed by atoms with Gasteiger partial charge in [-0.3, -0.25) is 0 Å². The lowest BCUT2D eigenvalue weighted by Crippen LogP contribution is -1.92. The van der Waals surface area contributed by atoms with Crippen LogP contribution in [0.3, 0.4) is 0 Å². The normalized spacial score (nSPS) is 11.4. The summed E-state index contributed by atoms with van der Waals surface area (Å²) in [4.78, 5) is 0. The molecule has 0 bridgehead atoms. The number of aliphatic hydroxyl groups excluding tert-OH is 1. The molecule has 1 aromatic rings. The SMILES string of the molecule is C=C(C)C#CC(O)c1ccc(Cl)cc1. The first-order valence-corrected chi connectivity index (χ1v) is 4.58. The van der Waals surface area contributed by atoms with Crippen LogP contribution in [0.15, 0.2) is 36.4 Å². The highest BCUT2D eigenvalue weighted by molar-refractivity contribution is 6.30. The smallest absolute Gasteiger partial charge is 0.140 e. The molecule has 0 aliphatic carbocycles. The van der Waals surface area contributed by atoms with Crippen LogP contribution in [0.4, 0.5) is 0 Å². The van der Waals surface area contributed by atoms with Crippen LogP contribution >= 0.6 is 11.6 Å². The van der Waals surface area contributed by atoms with Crippen molar-refractivity contribution in [3.63, 3.8) is 0 Å². The maximum atomic E-state index is 9.60. The van der Waals surface area contributed by atoms with Crippen LogP contribution in [0, 0.1) is 11.8 Å². The molecule has 1 rings (SSSR count). The highest BCUT2D eigenvalue weighted by Crippen LogP contribution is 2.15. The van der Waals surface area contributed by atoms with Crippen LogP contribution < -0.4 is 0 Å². The summed E-state index contributed by atoms with van der Waals surface area (Å²) in [5.74, 6) is 5.41. The number of hydrogen-bond donors (Lipinski definition) is 1. The minimum atomic E-state index is -0.774. The minimum absolute atomic E-state index is 0.647. The van der Waals surface area contributed by atoms with Crippen molar-refractivity contribution in [1.29, 1.82) is 0 Å². The Morgan fingerprint density at radius 2 is 2.00 bits per heavy atom. The maximum Gasteiger partial charge on any atom is 0.140 e. The molecular formula is C12H11ClO. The third-order valence-electron chi connectivity index (χ3n) is 1.61. The van der Waals surface area contributed by atoms with Gasteiger partial charge in [-0.2, -0.15) is 0 Å². The number of allylic oxidation sites excluding steroid dienone is 1. The molecule has 1 aromatic carbocycles. The van der Waals surface area contributed by atoms with E-state index in [0.29, 0.717) is 5.02 Å². The predicted molar refractivity (Wildman–Crippen MR) is 59.0 cm³/mol. The Labute approximate surface area is 89.0 Å². The van der Waals surface area contributed by atoms with Crippen LogP contribution in [-0.4, -0.2) is 5.11 Å². The topological polar surface area (TPSA) is 20.2 Å². The van der Waals surface area contributed by atoms with Gasteiger partial charge in [0, 0.05) is 5.02 Å². The van der Waals surface area contributed by atoms with Gasteiger partial charge in [0.1, 0.15) is 6.10 Å². The number of aliphatic hydroxyl groups is 1. The number of hydrogen-bond acceptors (Lipinski definition) is 1. The van der Waals surface area contributed by atoms with Gasteiger partial charge in [-0.25, -0.2) is 0 Å². The molecule has 14 heavy (non-hydrogen) atoms. The van der Waals surface area contributed by atoms with E-state index in [-0.39, 0.29) is 0 Å². The first-order valence-electron chi connectivity index (χ1n) is 4.20. The molecule has 0 aliphatic rings. The van der Waals surface area contributed by atoms with Crippen molar-refractivity contribution in [2.75, 3.05) is 0 Å². The standard InChI is InChI=1S/C12H11ClO/c1-9(2)3-8-12(14)10-4-6-11(13)7-5-10/h4-7,12,14H,1H2,2H3. The highest BCUT2D eigenvalue weighted by Gasteiger charge is 2.01. The molecule has 1 atom stereocenters. The highest BCUT2D eigenvalue weighted by atomic mass is 35.5. The van der Waals surface area contributed by atoms with E-state index in [1.807, 2.05) is 0 Å². The second-order valence-corrected chi connectivity index (χ2v) is 3.44. The van der Waals surface area contributed by atoms with Gasteiger partial charge in [-0.15, -0.1) is 0 Å². The van der Waals surface area contributed by atoms with E-state index in [0.717, 1.165) is 11.1 Å². The van der Waals surface area contributed by atoms with E-state index in [4.69, 9.17) is 11.6 Å². The van der Waals surface area contributed by atoms with E-state index >= 15 is 0 Å². The van der Waals surface area contributed by atoms with Crippen molar-refractivity contribution >= 4 is 11.6 Å². The summed E-state index contributed by atoms with van der Waals surface area (Å²) < 4.78 is 0. The molecular weight excluding hydrogens is 196 g/mol. The van der Waals surface area contributed by atoms with E-state index in [2.05, 4.69) is 18.4 Å². The third-order valence-corrected chi connectivity index (χ3v) is 1.86. The first-order chi connectivity index (χ1) is 6.59. The zero-order chi connectivity index (χ0) is 10.6. The summed E-state index contributed by atoms with van der Waals surface area (Å²) in [7, 11) is 0. The molecule has 1 nitrogen and oxygen atoms in total. The summed E-state index contributed by atoms with van der Waals surface area (Å²) in [5.41, 5.74) is 1.47. The van der Waals surface area contributed by atoms with Crippen molar-refractivity contribution in [3.05, 3.63) is 47.0 Å². The summed E-state index contributed by atoms with van der Waals surface area (Å²) in [6, 6.07) is 6.95. The molecule has 1 N–H and O–H groups in total. The van der Waals surface area contributed by atoms with Gasteiger partial charge < -0.3 is 5.11 Å². The van der Waals surface area contributed by atoms with Crippen molar-refractivity contribution in [2.45, 2.75) is 13.0 Å². The fourth-order valence-electron chi connectivity index (χ4n) is 0.920. The molecule has 0 saturated carbocycles. The number of rotatable bonds is 1. The average molecular weight is 207 g/mol. The number of halogens is 1. The van der Waals surface area contributed by atoms with Gasteiger partial charge in [0.25, 0.3) is 0 Å². The Balaban J connectivity index is 2.81. The summed E-state index contributed by atoms with van der Waals surface area (Å²) in [6.45, 7) is 5.42. The van der Waals surface area contributed by atoms with E-state index in [1.54, 1.807) is 31.2 Å². The fourth-order valence-corrected chi connectivity index (χ4v) is 1.05. The average Bonchev–Trinajstić information content (AvgIpc) is 2.15. The zero-order valence-electron chi connectivity index (χ0n) is 7.92. The van der Waals surface area contributed by atoms with Gasteiger partial charge >= 0.3 is 0 Å². The Morgan fingerprint density at radius 3 is 2.50 bits per heavy atom. The molecule has 72 valence electrons. The second-order valence-electron chi connectivity index (χ2n) is 3.00. The number of benzene rings is 1. The lowest BCUT2D eigenvalue weighted by atomic mass is 10.1. The zero-order valence-corrected chi connectivity index (χ0v) is 8.67. The van der Waals surface area contributed by atoms with Crippen LogP contribution in [-0.2, 0) is 0 Å². The van der Waals surface area contributed by atoms with Gasteiger partial charge in [-0.1, -0.05) is 42.2 Å². The Hall–Kier alpha value is -1.23. The predicted octanol–water partition coefficient (Wildman–Crippen LogP) is 2.95. The molecule has 0 saturated heterocycles. The quantitative estimate of drug-likeness (QED) is 0.701. The van der Waals surface area contributed by atoms with Gasteiger partial charge in [0.05, 0.1) is 0 Å². The lowest BCUT2D eigenvalue weighted by molar-refractivity contribution is 0.238. The Morgan fingerprint density at radius 1 is 1.43 bits per heavy atom. The van der Waals surface area contributed by atoms with E-state index in [9.17, 15) is 5.11 Å². The Kier molecular flexibility index (Phi) is 3.76. The van der Waals surface area contributed by atoms with Gasteiger partial charge in [0.2, 0.25) is 0 Å². The van der Waals surface area contributed by atoms with E-state index in [1.165, 1.54) is 0 Å². The van der Waals surface area contributed by atoms with E-state index < -0.39 is 6.10 Å². The third kappa shape index (κ3) is 3.26. The van der Waals surface area contributed by atoms with Crippen LogP contribution in [0.25, 0.3) is 0 Å². The molecule has 1 unspecified atom stereocenters. The molecule has 0 aliphatic heterocycles. The maximum absolute atomic E-state index is 9.60. The minimum Gasteiger partial charge on any atom is -0.376 e. The Bertz CT molecular complexity index is 381. The molecule has 0 fully saturated rings. The summed E-state index contributed by atoms with van der Waals surface area (Å²) in [5, 5.41) is 10.2. The van der Waals surface area contributed by atoms with Crippen molar-refractivity contribution in [1.82, 2.24) is 0 Å². The van der Waals surface area contributed by atoms with Gasteiger partial charge in [-0.05, 0) is 30.2 Å². The molecule has 2 heteroatoms. The molecule has 0 spiro atoms. The van der Waals surface area contributed by atoms with Crippen molar-refractivity contribution in [3.8, 4) is 11.8 Å². The first kappa shape index (κ1) is 10.8. The van der Waals surface area contributed by atoms with Crippen LogP contribution in [0.5, 0.6) is 0 Å². The van der Waals surface area contributed by atoms with Crippen molar-refractivity contribution < 1.29 is 5.11 Å².